The highest BCUT2D eigenvalue weighted by Gasteiger charge is 2.06. The molecule has 2 rings (SSSR count). The normalized spacial score (nSPS) is 10.0. The van der Waals surface area contributed by atoms with Gasteiger partial charge in [0, 0.05) is 12.1 Å². The Balaban J connectivity index is 2.35. The molecule has 0 bridgehead atoms. The molecule has 0 spiro atoms. The summed E-state index contributed by atoms with van der Waals surface area (Å²) in [5.74, 6) is 0. The maximum atomic E-state index is 8.72. The Kier molecular flexibility index (Phi) is 2.99. The molecule has 0 fully saturated rings. The Bertz CT molecular complexity index is 505. The van der Waals surface area contributed by atoms with Crippen molar-refractivity contribution in [3.05, 3.63) is 41.6 Å². The van der Waals surface area contributed by atoms with Gasteiger partial charge < -0.3 is 5.32 Å². The van der Waals surface area contributed by atoms with Crippen LogP contribution in [0.4, 0.5) is 0 Å². The van der Waals surface area contributed by atoms with E-state index in [9.17, 15) is 0 Å². The van der Waals surface area contributed by atoms with E-state index in [0.29, 0.717) is 5.56 Å². The fourth-order valence-corrected chi connectivity index (χ4v) is 1.60. The maximum Gasteiger partial charge on any atom is 0.0991 e. The van der Waals surface area contributed by atoms with Gasteiger partial charge in [0.1, 0.15) is 0 Å². The number of nitriles is 1. The summed E-state index contributed by atoms with van der Waals surface area (Å²) < 4.78 is 0. The lowest BCUT2D eigenvalue weighted by Gasteiger charge is -2.02. The van der Waals surface area contributed by atoms with E-state index in [-0.39, 0.29) is 0 Å². The Morgan fingerprint density at radius 3 is 2.75 bits per heavy atom. The van der Waals surface area contributed by atoms with Crippen LogP contribution in [0.3, 0.4) is 0 Å². The summed E-state index contributed by atoms with van der Waals surface area (Å²) >= 11 is 0. The molecular formula is C12H12N4. The number of nitrogens with one attached hydrogen (secondary N) is 2. The number of hydrogen-bond donors (Lipinski definition) is 2. The van der Waals surface area contributed by atoms with Crippen LogP contribution in [0, 0.1) is 11.3 Å². The molecule has 16 heavy (non-hydrogen) atoms. The Labute approximate surface area is 93.9 Å². The van der Waals surface area contributed by atoms with Gasteiger partial charge >= 0.3 is 0 Å². The average Bonchev–Trinajstić information content (AvgIpc) is 2.78. The second-order valence-corrected chi connectivity index (χ2v) is 3.49. The zero-order valence-corrected chi connectivity index (χ0v) is 8.99. The average molecular weight is 212 g/mol. The van der Waals surface area contributed by atoms with Gasteiger partial charge in [-0.05, 0) is 24.7 Å². The van der Waals surface area contributed by atoms with Gasteiger partial charge in [-0.15, -0.1) is 0 Å². The SMILES string of the molecule is CNCc1cn[nH]c1-c1ccc(C#N)cc1. The van der Waals surface area contributed by atoms with Crippen LogP contribution in [0.15, 0.2) is 30.5 Å². The van der Waals surface area contributed by atoms with Crippen molar-refractivity contribution in [1.82, 2.24) is 15.5 Å². The molecule has 2 aromatic rings. The topological polar surface area (TPSA) is 64.5 Å². The molecule has 0 atom stereocenters. The van der Waals surface area contributed by atoms with E-state index in [0.717, 1.165) is 23.4 Å². The molecule has 0 aliphatic rings. The minimum atomic E-state index is 0.665. The number of nitrogens with zero attached hydrogens (tertiary/aromatic N) is 2. The fourth-order valence-electron chi connectivity index (χ4n) is 1.60. The molecule has 0 saturated heterocycles. The van der Waals surface area contributed by atoms with Crippen LogP contribution in [0.1, 0.15) is 11.1 Å². The third-order valence-corrected chi connectivity index (χ3v) is 2.39. The van der Waals surface area contributed by atoms with Crippen molar-refractivity contribution in [3.8, 4) is 17.3 Å². The number of aromatic nitrogens is 2. The Morgan fingerprint density at radius 2 is 2.12 bits per heavy atom. The molecule has 1 aromatic heterocycles. The van der Waals surface area contributed by atoms with Gasteiger partial charge in [-0.3, -0.25) is 5.10 Å². The molecule has 0 unspecified atom stereocenters. The molecule has 0 saturated carbocycles. The van der Waals surface area contributed by atoms with Crippen molar-refractivity contribution in [2.75, 3.05) is 7.05 Å². The maximum absolute atomic E-state index is 8.72. The second kappa shape index (κ2) is 4.60. The van der Waals surface area contributed by atoms with Crippen LogP contribution in [-0.2, 0) is 6.54 Å². The van der Waals surface area contributed by atoms with Crippen LogP contribution >= 0.6 is 0 Å². The molecule has 1 aromatic carbocycles. The minimum absolute atomic E-state index is 0.665. The molecule has 0 amide bonds. The molecular weight excluding hydrogens is 200 g/mol. The van der Waals surface area contributed by atoms with Crippen LogP contribution in [0.2, 0.25) is 0 Å². The van der Waals surface area contributed by atoms with Crippen LogP contribution in [0.25, 0.3) is 11.3 Å². The number of rotatable bonds is 3. The van der Waals surface area contributed by atoms with E-state index < -0.39 is 0 Å². The van der Waals surface area contributed by atoms with E-state index in [2.05, 4.69) is 21.6 Å². The summed E-state index contributed by atoms with van der Waals surface area (Å²) in [4.78, 5) is 0. The standard InChI is InChI=1S/C12H12N4/c1-14-7-11-8-15-16-12(11)10-4-2-9(6-13)3-5-10/h2-5,8,14H,7H2,1H3,(H,15,16). The zero-order chi connectivity index (χ0) is 11.4. The molecule has 0 radical (unpaired) electrons. The lowest BCUT2D eigenvalue weighted by molar-refractivity contribution is 0.820. The minimum Gasteiger partial charge on any atom is -0.316 e. The first-order valence-corrected chi connectivity index (χ1v) is 5.02. The predicted octanol–water partition coefficient (Wildman–Crippen LogP) is 1.67. The monoisotopic (exact) mass is 212 g/mol. The van der Waals surface area contributed by atoms with Crippen LogP contribution < -0.4 is 5.32 Å². The van der Waals surface area contributed by atoms with Crippen molar-refractivity contribution in [2.24, 2.45) is 0 Å². The lowest BCUT2D eigenvalue weighted by Crippen LogP contribution is -2.05. The van der Waals surface area contributed by atoms with E-state index in [4.69, 9.17) is 5.26 Å². The van der Waals surface area contributed by atoms with Gasteiger partial charge in [0.05, 0.1) is 23.5 Å². The van der Waals surface area contributed by atoms with Gasteiger partial charge in [-0.2, -0.15) is 10.4 Å². The summed E-state index contributed by atoms with van der Waals surface area (Å²) in [6, 6.07) is 9.55. The Morgan fingerprint density at radius 1 is 1.38 bits per heavy atom. The third kappa shape index (κ3) is 1.95. The summed E-state index contributed by atoms with van der Waals surface area (Å²) in [5, 5.41) is 18.8. The first-order chi connectivity index (χ1) is 7.85. The number of H-pyrrole nitrogens is 1. The summed E-state index contributed by atoms with van der Waals surface area (Å²) in [7, 11) is 1.90. The van der Waals surface area contributed by atoms with Crippen molar-refractivity contribution in [1.29, 1.82) is 5.26 Å². The van der Waals surface area contributed by atoms with Crippen molar-refractivity contribution < 1.29 is 0 Å². The second-order valence-electron chi connectivity index (χ2n) is 3.49. The first kappa shape index (κ1) is 10.4. The quantitative estimate of drug-likeness (QED) is 0.813. The number of benzene rings is 1. The molecule has 4 nitrogen and oxygen atoms in total. The van der Waals surface area contributed by atoms with Crippen LogP contribution in [-0.4, -0.2) is 17.2 Å². The first-order valence-electron chi connectivity index (χ1n) is 5.02. The molecule has 0 aliphatic carbocycles. The summed E-state index contributed by atoms with van der Waals surface area (Å²) in [5.41, 5.74) is 3.83. The zero-order valence-electron chi connectivity index (χ0n) is 8.99. The van der Waals surface area contributed by atoms with Gasteiger partial charge in [0.15, 0.2) is 0 Å². The molecule has 2 N–H and O–H groups in total. The van der Waals surface area contributed by atoms with Crippen LogP contribution in [0.5, 0.6) is 0 Å². The Hall–Kier alpha value is -2.12. The summed E-state index contributed by atoms with van der Waals surface area (Å²) in [6.45, 7) is 0.770. The van der Waals surface area contributed by atoms with E-state index in [1.54, 1.807) is 12.1 Å². The van der Waals surface area contributed by atoms with Crippen molar-refractivity contribution in [3.63, 3.8) is 0 Å². The molecule has 80 valence electrons. The highest BCUT2D eigenvalue weighted by molar-refractivity contribution is 5.63. The van der Waals surface area contributed by atoms with E-state index >= 15 is 0 Å². The highest BCUT2D eigenvalue weighted by Crippen LogP contribution is 2.21. The smallest absolute Gasteiger partial charge is 0.0991 e. The van der Waals surface area contributed by atoms with Gasteiger partial charge in [0.25, 0.3) is 0 Å². The van der Waals surface area contributed by atoms with Gasteiger partial charge in [0.2, 0.25) is 0 Å². The van der Waals surface area contributed by atoms with Crippen molar-refractivity contribution >= 4 is 0 Å². The third-order valence-electron chi connectivity index (χ3n) is 2.39. The highest BCUT2D eigenvalue weighted by atomic mass is 15.1. The number of aromatic amines is 1. The van der Waals surface area contributed by atoms with Crippen molar-refractivity contribution in [2.45, 2.75) is 6.54 Å². The molecule has 4 heteroatoms. The van der Waals surface area contributed by atoms with E-state index in [1.165, 1.54) is 0 Å². The van der Waals surface area contributed by atoms with Gasteiger partial charge in [-0.25, -0.2) is 0 Å². The van der Waals surface area contributed by atoms with Gasteiger partial charge in [-0.1, -0.05) is 12.1 Å². The number of hydrogen-bond acceptors (Lipinski definition) is 3. The van der Waals surface area contributed by atoms with E-state index in [1.807, 2.05) is 25.4 Å². The lowest BCUT2D eigenvalue weighted by atomic mass is 10.1. The molecule has 0 aliphatic heterocycles. The fraction of sp³-hybridized carbons (Fsp3) is 0.167. The predicted molar refractivity (Wildman–Crippen MR) is 61.5 cm³/mol. The largest absolute Gasteiger partial charge is 0.316 e. The molecule has 1 heterocycles. The summed E-state index contributed by atoms with van der Waals surface area (Å²) in [6.07, 6.45) is 1.81.